The van der Waals surface area contributed by atoms with Crippen LogP contribution in [0.4, 0.5) is 11.6 Å². The summed E-state index contributed by atoms with van der Waals surface area (Å²) in [5.41, 5.74) is 3.49. The van der Waals surface area contributed by atoms with E-state index in [0.29, 0.717) is 18.1 Å². The minimum atomic E-state index is -0.553. The molecular formula is C27H33N7O2. The summed E-state index contributed by atoms with van der Waals surface area (Å²) in [6.45, 7) is 13.0. The summed E-state index contributed by atoms with van der Waals surface area (Å²) in [6, 6.07) is 8.79. The van der Waals surface area contributed by atoms with Gasteiger partial charge in [-0.05, 0) is 51.8 Å². The van der Waals surface area contributed by atoms with Crippen LogP contribution in [0.15, 0.2) is 42.9 Å². The van der Waals surface area contributed by atoms with Gasteiger partial charge in [-0.2, -0.15) is 10.4 Å². The largest absolute Gasteiger partial charge is 0.375 e. The van der Waals surface area contributed by atoms with Crippen molar-refractivity contribution in [3.05, 3.63) is 54.0 Å². The molecule has 1 saturated heterocycles. The SMILES string of the molecule is Cc1cnc(Nc2cnn(C3CCOC(C)(C)C3(C)C)c2)nc1-c1ccc(C(=O)NC(C)C#N)cc1. The Morgan fingerprint density at radius 3 is 2.64 bits per heavy atom. The smallest absolute Gasteiger partial charge is 0.252 e. The lowest BCUT2D eigenvalue weighted by molar-refractivity contribution is -0.160. The molecule has 0 aliphatic carbocycles. The predicted molar refractivity (Wildman–Crippen MR) is 138 cm³/mol. The van der Waals surface area contributed by atoms with Gasteiger partial charge in [-0.15, -0.1) is 0 Å². The Balaban J connectivity index is 1.52. The molecule has 3 aromatic rings. The van der Waals surface area contributed by atoms with E-state index in [1.165, 1.54) is 0 Å². The summed E-state index contributed by atoms with van der Waals surface area (Å²) >= 11 is 0. The zero-order valence-corrected chi connectivity index (χ0v) is 21.7. The Kier molecular flexibility index (Phi) is 6.83. The van der Waals surface area contributed by atoms with Crippen LogP contribution in [0.5, 0.6) is 0 Å². The lowest BCUT2D eigenvalue weighted by atomic mass is 9.69. The van der Waals surface area contributed by atoms with Gasteiger partial charge in [0.25, 0.3) is 5.91 Å². The van der Waals surface area contributed by atoms with Crippen LogP contribution < -0.4 is 10.6 Å². The maximum absolute atomic E-state index is 12.3. The highest BCUT2D eigenvalue weighted by Crippen LogP contribution is 2.48. The number of benzene rings is 1. The number of hydrogen-bond donors (Lipinski definition) is 2. The average molecular weight is 488 g/mol. The molecule has 2 N–H and O–H groups in total. The van der Waals surface area contributed by atoms with E-state index >= 15 is 0 Å². The van der Waals surface area contributed by atoms with Crippen molar-refractivity contribution in [3.63, 3.8) is 0 Å². The molecule has 36 heavy (non-hydrogen) atoms. The number of nitrogens with one attached hydrogen (secondary N) is 2. The average Bonchev–Trinajstić information content (AvgIpc) is 3.30. The van der Waals surface area contributed by atoms with Crippen molar-refractivity contribution in [2.24, 2.45) is 5.41 Å². The summed E-state index contributed by atoms with van der Waals surface area (Å²) < 4.78 is 8.04. The van der Waals surface area contributed by atoms with Crippen molar-refractivity contribution in [2.45, 2.75) is 65.6 Å². The summed E-state index contributed by atoms with van der Waals surface area (Å²) in [4.78, 5) is 21.4. The fourth-order valence-electron chi connectivity index (χ4n) is 4.43. The number of amides is 1. The number of aromatic nitrogens is 4. The molecule has 2 unspecified atom stereocenters. The number of carbonyl (C=O) groups excluding carboxylic acids is 1. The first-order chi connectivity index (χ1) is 17.0. The van der Waals surface area contributed by atoms with E-state index in [-0.39, 0.29) is 23.0 Å². The van der Waals surface area contributed by atoms with E-state index < -0.39 is 6.04 Å². The van der Waals surface area contributed by atoms with Crippen LogP contribution >= 0.6 is 0 Å². The van der Waals surface area contributed by atoms with Gasteiger partial charge in [-0.25, -0.2) is 9.97 Å². The van der Waals surface area contributed by atoms with Gasteiger partial charge in [0.15, 0.2) is 0 Å². The summed E-state index contributed by atoms with van der Waals surface area (Å²) in [5, 5.41) is 19.4. The number of carbonyl (C=O) groups is 1. The first-order valence-corrected chi connectivity index (χ1v) is 12.1. The lowest BCUT2D eigenvalue weighted by Gasteiger charge is -2.50. The number of rotatable bonds is 6. The molecule has 188 valence electrons. The Bertz CT molecular complexity index is 1290. The minimum absolute atomic E-state index is 0.0994. The fraction of sp³-hybridized carbons (Fsp3) is 0.444. The zero-order chi connectivity index (χ0) is 26.1. The van der Waals surface area contributed by atoms with E-state index in [1.807, 2.05) is 36.0 Å². The highest BCUT2D eigenvalue weighted by molar-refractivity contribution is 5.95. The fourth-order valence-corrected chi connectivity index (χ4v) is 4.43. The van der Waals surface area contributed by atoms with Gasteiger partial charge in [-0.3, -0.25) is 9.48 Å². The Hall–Kier alpha value is -3.77. The van der Waals surface area contributed by atoms with Gasteiger partial charge in [-0.1, -0.05) is 26.0 Å². The van der Waals surface area contributed by atoms with E-state index in [9.17, 15) is 4.79 Å². The normalized spacial score (nSPS) is 19.2. The minimum Gasteiger partial charge on any atom is -0.375 e. The number of anilines is 2. The van der Waals surface area contributed by atoms with Gasteiger partial charge in [0.1, 0.15) is 6.04 Å². The van der Waals surface area contributed by atoms with E-state index in [4.69, 9.17) is 15.0 Å². The summed E-state index contributed by atoms with van der Waals surface area (Å²) in [7, 11) is 0. The molecular weight excluding hydrogens is 454 g/mol. The van der Waals surface area contributed by atoms with Crippen LogP contribution in [0, 0.1) is 23.7 Å². The molecule has 2 aromatic heterocycles. The molecule has 1 aliphatic heterocycles. The molecule has 1 aliphatic rings. The monoisotopic (exact) mass is 487 g/mol. The molecule has 1 fully saturated rings. The van der Waals surface area contributed by atoms with Crippen molar-refractivity contribution in [1.82, 2.24) is 25.1 Å². The molecule has 1 amide bonds. The van der Waals surface area contributed by atoms with Gasteiger partial charge >= 0.3 is 0 Å². The standard InChI is InChI=1S/C27H33N7O2/c1-17-14-29-25(33-23(17)19-7-9-20(10-8-19)24(35)31-18(2)13-28)32-21-15-30-34(16-21)22-11-12-36-27(5,6)26(22,3)4/h7-10,14-16,18,22H,11-12H2,1-6H3,(H,31,35)(H,29,32,33). The number of hydrogen-bond acceptors (Lipinski definition) is 7. The van der Waals surface area contributed by atoms with Crippen molar-refractivity contribution < 1.29 is 9.53 Å². The molecule has 9 heteroatoms. The van der Waals surface area contributed by atoms with E-state index in [1.54, 1.807) is 31.5 Å². The Labute approximate surface area is 211 Å². The molecule has 9 nitrogen and oxygen atoms in total. The van der Waals surface area contributed by atoms with Crippen LogP contribution in [0.2, 0.25) is 0 Å². The number of ether oxygens (including phenoxy) is 1. The van der Waals surface area contributed by atoms with Gasteiger partial charge in [0.05, 0.1) is 35.3 Å². The van der Waals surface area contributed by atoms with E-state index in [0.717, 1.165) is 28.9 Å². The third-order valence-corrected chi connectivity index (χ3v) is 7.35. The molecule has 0 saturated carbocycles. The number of nitriles is 1. The van der Waals surface area contributed by atoms with Gasteiger partial charge in [0, 0.05) is 35.5 Å². The second-order valence-corrected chi connectivity index (χ2v) is 10.3. The quantitative estimate of drug-likeness (QED) is 0.513. The maximum atomic E-state index is 12.3. The Morgan fingerprint density at radius 1 is 1.22 bits per heavy atom. The second kappa shape index (κ2) is 9.70. The van der Waals surface area contributed by atoms with Gasteiger partial charge < -0.3 is 15.4 Å². The van der Waals surface area contributed by atoms with Crippen LogP contribution in [0.3, 0.4) is 0 Å². The van der Waals surface area contributed by atoms with E-state index in [2.05, 4.69) is 48.4 Å². The van der Waals surface area contributed by atoms with Crippen molar-refractivity contribution >= 4 is 17.5 Å². The predicted octanol–water partition coefficient (Wildman–Crippen LogP) is 4.80. The first kappa shape index (κ1) is 25.3. The third-order valence-electron chi connectivity index (χ3n) is 7.35. The maximum Gasteiger partial charge on any atom is 0.252 e. The lowest BCUT2D eigenvalue weighted by Crippen LogP contribution is -2.51. The van der Waals surface area contributed by atoms with Crippen molar-refractivity contribution in [1.29, 1.82) is 5.26 Å². The molecule has 2 atom stereocenters. The Morgan fingerprint density at radius 2 is 1.94 bits per heavy atom. The van der Waals surface area contributed by atoms with Crippen LogP contribution in [-0.2, 0) is 4.74 Å². The topological polar surface area (TPSA) is 118 Å². The number of aryl methyl sites for hydroxylation is 1. The summed E-state index contributed by atoms with van der Waals surface area (Å²) in [5.74, 6) is 0.178. The van der Waals surface area contributed by atoms with Crippen molar-refractivity contribution in [2.75, 3.05) is 11.9 Å². The molecule has 0 radical (unpaired) electrons. The van der Waals surface area contributed by atoms with Crippen molar-refractivity contribution in [3.8, 4) is 17.3 Å². The van der Waals surface area contributed by atoms with Crippen LogP contribution in [0.25, 0.3) is 11.3 Å². The second-order valence-electron chi connectivity index (χ2n) is 10.3. The third kappa shape index (κ3) is 4.95. The molecule has 0 bridgehead atoms. The summed E-state index contributed by atoms with van der Waals surface area (Å²) in [6.07, 6.45) is 6.45. The number of nitrogens with zero attached hydrogens (tertiary/aromatic N) is 5. The highest BCUT2D eigenvalue weighted by Gasteiger charge is 2.48. The van der Waals surface area contributed by atoms with Crippen LogP contribution in [0.1, 0.15) is 63.0 Å². The molecule has 4 rings (SSSR count). The molecule has 0 spiro atoms. The first-order valence-electron chi connectivity index (χ1n) is 12.1. The zero-order valence-electron chi connectivity index (χ0n) is 21.7. The van der Waals surface area contributed by atoms with Crippen LogP contribution in [-0.4, -0.2) is 43.9 Å². The highest BCUT2D eigenvalue weighted by atomic mass is 16.5. The van der Waals surface area contributed by atoms with Gasteiger partial charge in [0.2, 0.25) is 5.95 Å². The molecule has 1 aromatic carbocycles. The molecule has 3 heterocycles.